The highest BCUT2D eigenvalue weighted by molar-refractivity contribution is 7.90. The largest absolute Gasteiger partial charge is 0.392 e. The summed E-state index contributed by atoms with van der Waals surface area (Å²) in [5.74, 6) is 0. The Morgan fingerprint density at radius 2 is 1.69 bits per heavy atom. The van der Waals surface area contributed by atoms with Gasteiger partial charge in [-0.05, 0) is 25.0 Å². The van der Waals surface area contributed by atoms with Crippen molar-refractivity contribution in [3.63, 3.8) is 0 Å². The number of hydrogen-bond donors (Lipinski definition) is 2. The molecule has 0 saturated heterocycles. The summed E-state index contributed by atoms with van der Waals surface area (Å²) < 4.78 is 25.5. The molecule has 0 saturated carbocycles. The summed E-state index contributed by atoms with van der Waals surface area (Å²) in [5, 5.41) is 8.42. The highest BCUT2D eigenvalue weighted by atomic mass is 32.2. The molecule has 1 aromatic rings. The van der Waals surface area contributed by atoms with E-state index >= 15 is 0 Å². The molecule has 0 bridgehead atoms. The first kappa shape index (κ1) is 13.2. The molecule has 1 rings (SSSR count). The first-order chi connectivity index (χ1) is 7.45. The van der Waals surface area contributed by atoms with E-state index < -0.39 is 15.3 Å². The van der Waals surface area contributed by atoms with Crippen molar-refractivity contribution in [3.05, 3.63) is 35.4 Å². The smallest absolute Gasteiger partial charge is 0.214 e. The number of nitrogens with one attached hydrogen (secondary N) is 1. The Balaban J connectivity index is 2.62. The summed E-state index contributed by atoms with van der Waals surface area (Å²) in [6.45, 7) is 3.55. The summed E-state index contributed by atoms with van der Waals surface area (Å²) in [5.41, 5.74) is 1.69. The van der Waals surface area contributed by atoms with Gasteiger partial charge in [-0.3, -0.25) is 0 Å². The molecule has 0 spiro atoms. The second-order valence-electron chi connectivity index (χ2n) is 3.89. The van der Waals surface area contributed by atoms with Gasteiger partial charge in [-0.15, -0.1) is 0 Å². The predicted octanol–water partition coefficient (Wildman–Crippen LogP) is 1.01. The van der Waals surface area contributed by atoms with Gasteiger partial charge in [-0.1, -0.05) is 24.3 Å². The van der Waals surface area contributed by atoms with E-state index in [4.69, 9.17) is 5.11 Å². The van der Waals surface area contributed by atoms with Crippen molar-refractivity contribution in [2.24, 2.45) is 0 Å². The SMILES string of the molecule is CC(C)S(=O)(=O)NCc1ccc(CO)cc1. The molecule has 4 nitrogen and oxygen atoms in total. The zero-order valence-electron chi connectivity index (χ0n) is 9.47. The molecule has 0 amide bonds. The monoisotopic (exact) mass is 243 g/mol. The maximum absolute atomic E-state index is 11.5. The second kappa shape index (κ2) is 5.43. The van der Waals surface area contributed by atoms with Crippen LogP contribution in [0.1, 0.15) is 25.0 Å². The van der Waals surface area contributed by atoms with E-state index in [1.807, 2.05) is 0 Å². The third-order valence-corrected chi connectivity index (χ3v) is 4.09. The summed E-state index contributed by atoms with van der Waals surface area (Å²) in [7, 11) is -3.21. The van der Waals surface area contributed by atoms with Crippen LogP contribution in [0, 0.1) is 0 Å². The van der Waals surface area contributed by atoms with Crippen LogP contribution in [0.2, 0.25) is 0 Å². The fraction of sp³-hybridized carbons (Fsp3) is 0.455. The van der Waals surface area contributed by atoms with E-state index in [1.165, 1.54) is 0 Å². The third kappa shape index (κ3) is 3.59. The minimum atomic E-state index is -3.21. The van der Waals surface area contributed by atoms with Gasteiger partial charge in [-0.25, -0.2) is 13.1 Å². The maximum atomic E-state index is 11.5. The summed E-state index contributed by atoms with van der Waals surface area (Å²) in [4.78, 5) is 0. The Hall–Kier alpha value is -0.910. The zero-order chi connectivity index (χ0) is 12.2. The van der Waals surface area contributed by atoms with Crippen molar-refractivity contribution in [1.29, 1.82) is 0 Å². The first-order valence-corrected chi connectivity index (χ1v) is 6.67. The fourth-order valence-corrected chi connectivity index (χ4v) is 1.81. The van der Waals surface area contributed by atoms with Crippen molar-refractivity contribution in [2.45, 2.75) is 32.2 Å². The van der Waals surface area contributed by atoms with Gasteiger partial charge in [0, 0.05) is 6.54 Å². The van der Waals surface area contributed by atoms with Gasteiger partial charge in [0.2, 0.25) is 10.0 Å². The number of aliphatic hydroxyl groups excluding tert-OH is 1. The molecule has 0 unspecified atom stereocenters. The molecule has 0 aliphatic carbocycles. The lowest BCUT2D eigenvalue weighted by Crippen LogP contribution is -2.30. The number of hydrogen-bond acceptors (Lipinski definition) is 3. The van der Waals surface area contributed by atoms with Gasteiger partial charge >= 0.3 is 0 Å². The normalized spacial score (nSPS) is 12.0. The average molecular weight is 243 g/mol. The lowest BCUT2D eigenvalue weighted by molar-refractivity contribution is 0.282. The fourth-order valence-electron chi connectivity index (χ4n) is 1.11. The van der Waals surface area contributed by atoms with E-state index in [1.54, 1.807) is 38.1 Å². The van der Waals surface area contributed by atoms with Crippen LogP contribution in [0.3, 0.4) is 0 Å². The summed E-state index contributed by atoms with van der Waals surface area (Å²) in [6.07, 6.45) is 0. The number of benzene rings is 1. The number of aliphatic hydroxyl groups is 1. The van der Waals surface area contributed by atoms with E-state index in [0.29, 0.717) is 0 Å². The molecule has 0 heterocycles. The lowest BCUT2D eigenvalue weighted by atomic mass is 10.1. The molecule has 16 heavy (non-hydrogen) atoms. The summed E-state index contributed by atoms with van der Waals surface area (Å²) >= 11 is 0. The molecule has 0 aromatic heterocycles. The van der Waals surface area contributed by atoms with Gasteiger partial charge in [0.25, 0.3) is 0 Å². The second-order valence-corrected chi connectivity index (χ2v) is 6.21. The van der Waals surface area contributed by atoms with E-state index in [0.717, 1.165) is 11.1 Å². The Labute approximate surface area is 96.4 Å². The van der Waals surface area contributed by atoms with Gasteiger partial charge < -0.3 is 5.11 Å². The molecular weight excluding hydrogens is 226 g/mol. The quantitative estimate of drug-likeness (QED) is 0.811. The summed E-state index contributed by atoms with van der Waals surface area (Å²) in [6, 6.07) is 7.15. The van der Waals surface area contributed by atoms with Crippen LogP contribution in [0.5, 0.6) is 0 Å². The van der Waals surface area contributed by atoms with Crippen molar-refractivity contribution in [1.82, 2.24) is 4.72 Å². The van der Waals surface area contributed by atoms with E-state index in [2.05, 4.69) is 4.72 Å². The molecule has 0 aliphatic heterocycles. The van der Waals surface area contributed by atoms with Crippen LogP contribution in [0.4, 0.5) is 0 Å². The average Bonchev–Trinajstić information content (AvgIpc) is 2.27. The van der Waals surface area contributed by atoms with Crippen molar-refractivity contribution in [2.75, 3.05) is 0 Å². The standard InChI is InChI=1S/C11H17NO3S/c1-9(2)16(14,15)12-7-10-3-5-11(8-13)6-4-10/h3-6,9,12-13H,7-8H2,1-2H3. The molecule has 90 valence electrons. The molecule has 2 N–H and O–H groups in total. The Bertz CT molecular complexity index is 423. The first-order valence-electron chi connectivity index (χ1n) is 5.13. The van der Waals surface area contributed by atoms with Crippen LogP contribution in [0.25, 0.3) is 0 Å². The van der Waals surface area contributed by atoms with Crippen molar-refractivity contribution < 1.29 is 13.5 Å². The Morgan fingerprint density at radius 1 is 1.19 bits per heavy atom. The Morgan fingerprint density at radius 3 is 2.12 bits per heavy atom. The molecule has 0 fully saturated rings. The highest BCUT2D eigenvalue weighted by Gasteiger charge is 2.14. The van der Waals surface area contributed by atoms with E-state index in [-0.39, 0.29) is 13.2 Å². The van der Waals surface area contributed by atoms with Gasteiger partial charge in [-0.2, -0.15) is 0 Å². The van der Waals surface area contributed by atoms with Crippen molar-refractivity contribution in [3.8, 4) is 0 Å². The molecule has 0 atom stereocenters. The predicted molar refractivity (Wildman–Crippen MR) is 63.3 cm³/mol. The van der Waals surface area contributed by atoms with Crippen LogP contribution < -0.4 is 4.72 Å². The van der Waals surface area contributed by atoms with Gasteiger partial charge in [0.15, 0.2) is 0 Å². The number of rotatable bonds is 5. The van der Waals surface area contributed by atoms with Crippen LogP contribution in [0.15, 0.2) is 24.3 Å². The minimum Gasteiger partial charge on any atom is -0.392 e. The molecule has 0 aliphatic rings. The molecule has 1 aromatic carbocycles. The van der Waals surface area contributed by atoms with Crippen LogP contribution in [-0.2, 0) is 23.2 Å². The van der Waals surface area contributed by atoms with Gasteiger partial charge in [0.1, 0.15) is 0 Å². The van der Waals surface area contributed by atoms with E-state index in [9.17, 15) is 8.42 Å². The topological polar surface area (TPSA) is 66.4 Å². The van der Waals surface area contributed by atoms with Gasteiger partial charge in [0.05, 0.1) is 11.9 Å². The molecule has 0 radical (unpaired) electrons. The van der Waals surface area contributed by atoms with Crippen molar-refractivity contribution >= 4 is 10.0 Å². The molecule has 5 heteroatoms. The maximum Gasteiger partial charge on any atom is 0.214 e. The molecular formula is C11H17NO3S. The third-order valence-electron chi connectivity index (χ3n) is 2.30. The zero-order valence-corrected chi connectivity index (χ0v) is 10.3. The van der Waals surface area contributed by atoms with Crippen LogP contribution >= 0.6 is 0 Å². The minimum absolute atomic E-state index is 0.00198. The highest BCUT2D eigenvalue weighted by Crippen LogP contribution is 2.05. The Kier molecular flexibility index (Phi) is 4.46. The lowest BCUT2D eigenvalue weighted by Gasteiger charge is -2.09. The number of sulfonamides is 1. The van der Waals surface area contributed by atoms with Crippen LogP contribution in [-0.4, -0.2) is 18.8 Å².